The highest BCUT2D eigenvalue weighted by atomic mass is 19.1. The Morgan fingerprint density at radius 2 is 2.17 bits per heavy atom. The van der Waals surface area contributed by atoms with Gasteiger partial charge in [0.15, 0.2) is 0 Å². The predicted octanol–water partition coefficient (Wildman–Crippen LogP) is 2.55. The monoisotopic (exact) mass is 331 g/mol. The number of hydrogen-bond donors (Lipinski definition) is 1. The van der Waals surface area contributed by atoms with Crippen LogP contribution in [0, 0.1) is 18.7 Å². The van der Waals surface area contributed by atoms with Crippen molar-refractivity contribution in [1.29, 1.82) is 0 Å². The maximum Gasteiger partial charge on any atom is 0.257 e. The van der Waals surface area contributed by atoms with Crippen LogP contribution in [0.25, 0.3) is 5.69 Å². The average Bonchev–Trinajstić information content (AvgIpc) is 3.13. The molecule has 1 heterocycles. The summed E-state index contributed by atoms with van der Waals surface area (Å²) in [7, 11) is 1.73. The Hall–Kier alpha value is -2.21. The molecule has 1 aliphatic carbocycles. The number of nitrogens with zero attached hydrogens (tertiary/aromatic N) is 3. The van der Waals surface area contributed by atoms with Crippen molar-refractivity contribution < 1.29 is 14.3 Å². The molecule has 0 saturated heterocycles. The number of carbonyl (C=O) groups excluding carboxylic acids is 1. The normalized spacial score (nSPS) is 20.3. The summed E-state index contributed by atoms with van der Waals surface area (Å²) in [5, 5.41) is 14.1. The molecule has 1 N–H and O–H groups in total. The van der Waals surface area contributed by atoms with E-state index in [0.717, 1.165) is 19.3 Å². The van der Waals surface area contributed by atoms with Gasteiger partial charge in [-0.05, 0) is 31.9 Å². The van der Waals surface area contributed by atoms with Gasteiger partial charge in [-0.1, -0.05) is 18.6 Å². The van der Waals surface area contributed by atoms with Gasteiger partial charge in [-0.2, -0.15) is 5.10 Å². The molecule has 1 aromatic carbocycles. The summed E-state index contributed by atoms with van der Waals surface area (Å²) in [6.45, 7) is 2.27. The van der Waals surface area contributed by atoms with E-state index in [4.69, 9.17) is 0 Å². The second-order valence-corrected chi connectivity index (χ2v) is 6.45. The zero-order valence-electron chi connectivity index (χ0n) is 13.9. The molecular formula is C18H22FN3O2. The molecule has 1 fully saturated rings. The van der Waals surface area contributed by atoms with Gasteiger partial charge in [-0.3, -0.25) is 4.79 Å². The highest BCUT2D eigenvalue weighted by Gasteiger charge is 2.28. The largest absolute Gasteiger partial charge is 0.393 e. The Labute approximate surface area is 140 Å². The number of aliphatic hydroxyl groups is 1. The minimum Gasteiger partial charge on any atom is -0.393 e. The van der Waals surface area contributed by atoms with Crippen LogP contribution in [0.15, 0.2) is 30.5 Å². The topological polar surface area (TPSA) is 58.4 Å². The molecule has 5 nitrogen and oxygen atoms in total. The van der Waals surface area contributed by atoms with Crippen LogP contribution >= 0.6 is 0 Å². The summed E-state index contributed by atoms with van der Waals surface area (Å²) in [6, 6.07) is 6.34. The van der Waals surface area contributed by atoms with Crippen LogP contribution in [-0.4, -0.2) is 45.4 Å². The Balaban J connectivity index is 1.80. The van der Waals surface area contributed by atoms with E-state index in [1.807, 2.05) is 0 Å². The first kappa shape index (κ1) is 16.6. The third-order valence-corrected chi connectivity index (χ3v) is 4.79. The van der Waals surface area contributed by atoms with Gasteiger partial charge in [-0.15, -0.1) is 0 Å². The molecule has 0 aliphatic heterocycles. The zero-order valence-corrected chi connectivity index (χ0v) is 13.9. The first-order valence-corrected chi connectivity index (χ1v) is 8.22. The maximum atomic E-state index is 14.0. The van der Waals surface area contributed by atoms with Crippen LogP contribution in [0.1, 0.15) is 35.3 Å². The van der Waals surface area contributed by atoms with E-state index in [1.54, 1.807) is 37.1 Å². The molecule has 24 heavy (non-hydrogen) atoms. The van der Waals surface area contributed by atoms with Gasteiger partial charge in [0.2, 0.25) is 0 Å². The van der Waals surface area contributed by atoms with Gasteiger partial charge in [0.05, 0.1) is 23.6 Å². The molecule has 0 radical (unpaired) electrons. The van der Waals surface area contributed by atoms with Crippen LogP contribution in [-0.2, 0) is 0 Å². The second kappa shape index (κ2) is 6.73. The molecule has 128 valence electrons. The van der Waals surface area contributed by atoms with Gasteiger partial charge in [-0.25, -0.2) is 9.07 Å². The van der Waals surface area contributed by atoms with Crippen LogP contribution < -0.4 is 0 Å². The van der Waals surface area contributed by atoms with Crippen LogP contribution in [0.5, 0.6) is 0 Å². The number of aromatic nitrogens is 2. The van der Waals surface area contributed by atoms with Crippen molar-refractivity contribution >= 4 is 5.91 Å². The molecule has 2 aromatic rings. The second-order valence-electron chi connectivity index (χ2n) is 6.45. The molecule has 1 saturated carbocycles. The summed E-state index contributed by atoms with van der Waals surface area (Å²) in [5.41, 5.74) is 1.38. The number of carbonyl (C=O) groups is 1. The molecule has 0 spiro atoms. The van der Waals surface area contributed by atoms with Crippen LogP contribution in [0.3, 0.4) is 0 Å². The summed E-state index contributed by atoms with van der Waals surface area (Å²) in [6.07, 6.45) is 3.88. The van der Waals surface area contributed by atoms with Crippen molar-refractivity contribution in [2.24, 2.45) is 5.92 Å². The summed E-state index contributed by atoms with van der Waals surface area (Å²) in [4.78, 5) is 14.3. The highest BCUT2D eigenvalue weighted by Crippen LogP contribution is 2.26. The lowest BCUT2D eigenvalue weighted by atomic mass is 10.1. The fraction of sp³-hybridized carbons (Fsp3) is 0.444. The van der Waals surface area contributed by atoms with E-state index >= 15 is 0 Å². The minimum atomic E-state index is -0.384. The van der Waals surface area contributed by atoms with E-state index in [0.29, 0.717) is 23.5 Å². The third-order valence-electron chi connectivity index (χ3n) is 4.79. The maximum absolute atomic E-state index is 14.0. The zero-order chi connectivity index (χ0) is 17.3. The minimum absolute atomic E-state index is 0.126. The lowest BCUT2D eigenvalue weighted by Gasteiger charge is -2.23. The van der Waals surface area contributed by atoms with Gasteiger partial charge in [0.25, 0.3) is 5.91 Å². The lowest BCUT2D eigenvalue weighted by Crippen LogP contribution is -2.34. The van der Waals surface area contributed by atoms with Crippen molar-refractivity contribution in [3.63, 3.8) is 0 Å². The number of para-hydroxylation sites is 1. The van der Waals surface area contributed by atoms with Crippen LogP contribution in [0.2, 0.25) is 0 Å². The first-order chi connectivity index (χ1) is 11.5. The molecule has 2 atom stereocenters. The molecule has 0 bridgehead atoms. The fourth-order valence-electron chi connectivity index (χ4n) is 3.36. The van der Waals surface area contributed by atoms with Gasteiger partial charge in [0, 0.05) is 19.5 Å². The van der Waals surface area contributed by atoms with Crippen molar-refractivity contribution in [2.75, 3.05) is 13.6 Å². The Kier molecular flexibility index (Phi) is 4.66. The van der Waals surface area contributed by atoms with Gasteiger partial charge >= 0.3 is 0 Å². The van der Waals surface area contributed by atoms with Crippen molar-refractivity contribution in [3.05, 3.63) is 47.5 Å². The van der Waals surface area contributed by atoms with Gasteiger partial charge < -0.3 is 10.0 Å². The first-order valence-electron chi connectivity index (χ1n) is 8.22. The lowest BCUT2D eigenvalue weighted by molar-refractivity contribution is 0.0693. The molecular weight excluding hydrogens is 309 g/mol. The Morgan fingerprint density at radius 3 is 2.83 bits per heavy atom. The number of amides is 1. The van der Waals surface area contributed by atoms with Crippen LogP contribution in [0.4, 0.5) is 4.39 Å². The Bertz CT molecular complexity index is 744. The van der Waals surface area contributed by atoms with Crippen molar-refractivity contribution in [1.82, 2.24) is 14.7 Å². The number of benzene rings is 1. The highest BCUT2D eigenvalue weighted by molar-refractivity contribution is 5.95. The van der Waals surface area contributed by atoms with E-state index in [9.17, 15) is 14.3 Å². The van der Waals surface area contributed by atoms with E-state index in [1.165, 1.54) is 16.9 Å². The molecule has 1 amide bonds. The number of aliphatic hydroxyl groups excluding tert-OH is 1. The quantitative estimate of drug-likeness (QED) is 0.937. The summed E-state index contributed by atoms with van der Waals surface area (Å²) < 4.78 is 15.4. The number of halogens is 1. The van der Waals surface area contributed by atoms with E-state index < -0.39 is 0 Å². The predicted molar refractivity (Wildman–Crippen MR) is 88.6 cm³/mol. The third kappa shape index (κ3) is 3.06. The fourth-order valence-corrected chi connectivity index (χ4v) is 3.36. The molecule has 6 heteroatoms. The van der Waals surface area contributed by atoms with Gasteiger partial charge in [0.1, 0.15) is 11.5 Å². The summed E-state index contributed by atoms with van der Waals surface area (Å²) in [5.74, 6) is -0.416. The Morgan fingerprint density at radius 1 is 1.42 bits per heavy atom. The van der Waals surface area contributed by atoms with Crippen molar-refractivity contribution in [2.45, 2.75) is 32.3 Å². The molecule has 1 aromatic heterocycles. The SMILES string of the molecule is Cc1c(C(=O)N(C)CC2CCCC2O)cnn1-c1ccccc1F. The molecule has 2 unspecified atom stereocenters. The molecule has 3 rings (SSSR count). The number of rotatable bonds is 4. The van der Waals surface area contributed by atoms with E-state index in [-0.39, 0.29) is 23.7 Å². The molecule has 1 aliphatic rings. The number of hydrogen-bond acceptors (Lipinski definition) is 3. The van der Waals surface area contributed by atoms with E-state index in [2.05, 4.69) is 5.10 Å². The average molecular weight is 331 g/mol. The smallest absolute Gasteiger partial charge is 0.257 e. The van der Waals surface area contributed by atoms with Crippen molar-refractivity contribution in [3.8, 4) is 5.69 Å². The summed E-state index contributed by atoms with van der Waals surface area (Å²) >= 11 is 0. The standard InChI is InChI=1S/C18H22FN3O2/c1-12-14(10-20-22(12)16-8-4-3-7-15(16)19)18(24)21(2)11-13-6-5-9-17(13)23/h3-4,7-8,10,13,17,23H,5-6,9,11H2,1-2H3.